The Hall–Kier alpha value is -1.09. The Bertz CT molecular complexity index is 259. The Labute approximate surface area is 65.2 Å². The van der Waals surface area contributed by atoms with Gasteiger partial charge in [0, 0.05) is 18.3 Å². The van der Waals surface area contributed by atoms with Crippen molar-refractivity contribution in [3.63, 3.8) is 0 Å². The number of hydrogen-bond acceptors (Lipinski definition) is 2. The van der Waals surface area contributed by atoms with E-state index in [1.165, 1.54) is 6.07 Å². The molecule has 0 amide bonds. The lowest BCUT2D eigenvalue weighted by Crippen LogP contribution is -2.11. The summed E-state index contributed by atoms with van der Waals surface area (Å²) >= 11 is 0. The second-order valence-corrected chi connectivity index (χ2v) is 2.50. The molecule has 0 aliphatic heterocycles. The molecule has 0 aliphatic rings. The van der Waals surface area contributed by atoms with Gasteiger partial charge in [-0.3, -0.25) is 4.79 Å². The summed E-state index contributed by atoms with van der Waals surface area (Å²) in [5, 5.41) is 0. The van der Waals surface area contributed by atoms with Gasteiger partial charge in [-0.1, -0.05) is 13.0 Å². The third-order valence-electron chi connectivity index (χ3n) is 1.68. The van der Waals surface area contributed by atoms with Gasteiger partial charge in [0.1, 0.15) is 0 Å². The topological polar surface area (TPSA) is 58.9 Å². The van der Waals surface area contributed by atoms with E-state index >= 15 is 0 Å². The Morgan fingerprint density at radius 2 is 2.36 bits per heavy atom. The predicted molar refractivity (Wildman–Crippen MR) is 44.3 cm³/mol. The van der Waals surface area contributed by atoms with Gasteiger partial charge in [-0.15, -0.1) is 0 Å². The van der Waals surface area contributed by atoms with Crippen LogP contribution in [0.1, 0.15) is 24.9 Å². The summed E-state index contributed by atoms with van der Waals surface area (Å²) in [5.41, 5.74) is 6.62. The maximum atomic E-state index is 10.6. The highest BCUT2D eigenvalue weighted by Crippen LogP contribution is 2.09. The van der Waals surface area contributed by atoms with Gasteiger partial charge in [0.15, 0.2) is 0 Å². The lowest BCUT2D eigenvalue weighted by molar-refractivity contribution is 0.694. The molecule has 0 bridgehead atoms. The maximum Gasteiger partial charge on any atom is 0.247 e. The van der Waals surface area contributed by atoms with Crippen LogP contribution in [0.5, 0.6) is 0 Å². The standard InChI is InChI=1S/C8H12N2O/c1-2-7(9)6-3-4-8(11)10-5-6/h3-5,7H,2,9H2,1H3,(H,10,11)/t7-/m1/s1. The Morgan fingerprint density at radius 1 is 1.64 bits per heavy atom. The fourth-order valence-electron chi connectivity index (χ4n) is 0.889. The van der Waals surface area contributed by atoms with Gasteiger partial charge in [-0.25, -0.2) is 0 Å². The SMILES string of the molecule is CC[C@@H](N)c1ccc(=O)[nH]c1. The normalized spacial score (nSPS) is 12.9. The van der Waals surface area contributed by atoms with E-state index in [1.807, 2.05) is 6.92 Å². The summed E-state index contributed by atoms with van der Waals surface area (Å²) in [6.07, 6.45) is 2.54. The van der Waals surface area contributed by atoms with E-state index in [4.69, 9.17) is 5.73 Å². The third kappa shape index (κ3) is 1.91. The molecule has 3 N–H and O–H groups in total. The molecule has 0 saturated heterocycles. The van der Waals surface area contributed by atoms with E-state index in [2.05, 4.69) is 4.98 Å². The smallest absolute Gasteiger partial charge is 0.247 e. The number of hydrogen-bond donors (Lipinski definition) is 2. The number of pyridine rings is 1. The average Bonchev–Trinajstić information content (AvgIpc) is 2.05. The summed E-state index contributed by atoms with van der Waals surface area (Å²) in [7, 11) is 0. The minimum Gasteiger partial charge on any atom is -0.329 e. The molecule has 0 spiro atoms. The molecule has 0 fully saturated rings. The number of nitrogens with one attached hydrogen (secondary N) is 1. The van der Waals surface area contributed by atoms with E-state index in [1.54, 1.807) is 12.3 Å². The number of aromatic amines is 1. The molecule has 1 aromatic heterocycles. The second-order valence-electron chi connectivity index (χ2n) is 2.50. The molecule has 1 rings (SSSR count). The first-order valence-corrected chi connectivity index (χ1v) is 3.68. The molecular weight excluding hydrogens is 140 g/mol. The van der Waals surface area contributed by atoms with Crippen LogP contribution in [0.4, 0.5) is 0 Å². The van der Waals surface area contributed by atoms with E-state index < -0.39 is 0 Å². The summed E-state index contributed by atoms with van der Waals surface area (Å²) < 4.78 is 0. The number of nitrogens with two attached hydrogens (primary N) is 1. The lowest BCUT2D eigenvalue weighted by Gasteiger charge is -2.06. The first-order chi connectivity index (χ1) is 5.24. The Kier molecular flexibility index (Phi) is 2.44. The van der Waals surface area contributed by atoms with Gasteiger partial charge in [0.2, 0.25) is 5.56 Å². The van der Waals surface area contributed by atoms with Crippen LogP contribution in [-0.2, 0) is 0 Å². The van der Waals surface area contributed by atoms with Crippen LogP contribution >= 0.6 is 0 Å². The van der Waals surface area contributed by atoms with Crippen molar-refractivity contribution in [3.8, 4) is 0 Å². The summed E-state index contributed by atoms with van der Waals surface area (Å²) in [4.78, 5) is 13.2. The van der Waals surface area contributed by atoms with Crippen LogP contribution in [0, 0.1) is 0 Å². The van der Waals surface area contributed by atoms with E-state index in [0.29, 0.717) is 0 Å². The van der Waals surface area contributed by atoms with Gasteiger partial charge in [0.05, 0.1) is 0 Å². The molecule has 0 radical (unpaired) electrons. The van der Waals surface area contributed by atoms with Crippen molar-refractivity contribution >= 4 is 0 Å². The molecule has 0 aliphatic carbocycles. The molecule has 0 unspecified atom stereocenters. The number of aromatic nitrogens is 1. The summed E-state index contributed by atoms with van der Waals surface area (Å²) in [5.74, 6) is 0. The zero-order valence-corrected chi connectivity index (χ0v) is 6.50. The maximum absolute atomic E-state index is 10.6. The molecule has 1 aromatic rings. The van der Waals surface area contributed by atoms with E-state index in [0.717, 1.165) is 12.0 Å². The molecule has 3 heteroatoms. The fraction of sp³-hybridized carbons (Fsp3) is 0.375. The molecular formula is C8H12N2O. The van der Waals surface area contributed by atoms with Crippen molar-refractivity contribution in [2.75, 3.05) is 0 Å². The van der Waals surface area contributed by atoms with Crippen LogP contribution < -0.4 is 11.3 Å². The van der Waals surface area contributed by atoms with E-state index in [-0.39, 0.29) is 11.6 Å². The highest BCUT2D eigenvalue weighted by Gasteiger charge is 2.00. The van der Waals surface area contributed by atoms with Crippen molar-refractivity contribution < 1.29 is 0 Å². The third-order valence-corrected chi connectivity index (χ3v) is 1.68. The molecule has 60 valence electrons. The quantitative estimate of drug-likeness (QED) is 0.658. The first-order valence-electron chi connectivity index (χ1n) is 3.68. The van der Waals surface area contributed by atoms with Crippen LogP contribution in [0.3, 0.4) is 0 Å². The highest BCUT2D eigenvalue weighted by atomic mass is 16.1. The van der Waals surface area contributed by atoms with Crippen molar-refractivity contribution in [2.24, 2.45) is 5.73 Å². The summed E-state index contributed by atoms with van der Waals surface area (Å²) in [6.45, 7) is 2.01. The number of H-pyrrole nitrogens is 1. The second kappa shape index (κ2) is 3.34. The Morgan fingerprint density at radius 3 is 2.82 bits per heavy atom. The van der Waals surface area contributed by atoms with Crippen LogP contribution in [0.25, 0.3) is 0 Å². The molecule has 3 nitrogen and oxygen atoms in total. The van der Waals surface area contributed by atoms with Gasteiger partial charge >= 0.3 is 0 Å². The fourth-order valence-corrected chi connectivity index (χ4v) is 0.889. The van der Waals surface area contributed by atoms with Crippen LogP contribution in [-0.4, -0.2) is 4.98 Å². The first kappa shape index (κ1) is 8.01. The molecule has 1 atom stereocenters. The average molecular weight is 152 g/mol. The van der Waals surface area contributed by atoms with Gasteiger partial charge < -0.3 is 10.7 Å². The monoisotopic (exact) mass is 152 g/mol. The zero-order chi connectivity index (χ0) is 8.27. The molecule has 1 heterocycles. The van der Waals surface area contributed by atoms with Crippen molar-refractivity contribution in [1.29, 1.82) is 0 Å². The van der Waals surface area contributed by atoms with Gasteiger partial charge in [-0.2, -0.15) is 0 Å². The predicted octanol–water partition coefficient (Wildman–Crippen LogP) is 0.785. The molecule has 11 heavy (non-hydrogen) atoms. The zero-order valence-electron chi connectivity index (χ0n) is 6.50. The minimum absolute atomic E-state index is 0.0341. The van der Waals surface area contributed by atoms with Crippen molar-refractivity contribution in [1.82, 2.24) is 4.98 Å². The number of rotatable bonds is 2. The molecule has 0 saturated carbocycles. The van der Waals surface area contributed by atoms with Gasteiger partial charge in [-0.05, 0) is 12.0 Å². The van der Waals surface area contributed by atoms with Gasteiger partial charge in [0.25, 0.3) is 0 Å². The van der Waals surface area contributed by atoms with Crippen molar-refractivity contribution in [3.05, 3.63) is 34.2 Å². The van der Waals surface area contributed by atoms with E-state index in [9.17, 15) is 4.79 Å². The van der Waals surface area contributed by atoms with Crippen LogP contribution in [0.15, 0.2) is 23.1 Å². The highest BCUT2D eigenvalue weighted by molar-refractivity contribution is 5.12. The largest absolute Gasteiger partial charge is 0.329 e. The molecule has 0 aromatic carbocycles. The summed E-state index contributed by atoms with van der Waals surface area (Å²) in [6, 6.07) is 3.28. The Balaban J connectivity index is 2.89. The van der Waals surface area contributed by atoms with Crippen molar-refractivity contribution in [2.45, 2.75) is 19.4 Å². The van der Waals surface area contributed by atoms with Crippen LogP contribution in [0.2, 0.25) is 0 Å². The lowest BCUT2D eigenvalue weighted by atomic mass is 10.1. The minimum atomic E-state index is -0.0861.